The maximum absolute atomic E-state index is 13.1. The average Bonchev–Trinajstić information content (AvgIpc) is 3.46. The zero-order valence-corrected chi connectivity index (χ0v) is 15.6. The van der Waals surface area contributed by atoms with E-state index in [9.17, 15) is 19.1 Å². The summed E-state index contributed by atoms with van der Waals surface area (Å²) in [6.45, 7) is 1.31. The van der Waals surface area contributed by atoms with Gasteiger partial charge in [0.2, 0.25) is 11.8 Å². The third-order valence-corrected chi connectivity index (χ3v) is 6.61. The highest BCUT2D eigenvalue weighted by atomic mass is 19.1. The van der Waals surface area contributed by atoms with E-state index in [0.717, 1.165) is 18.4 Å². The van der Waals surface area contributed by atoms with Gasteiger partial charge in [0.15, 0.2) is 0 Å². The molecule has 0 radical (unpaired) electrons. The number of aliphatic hydroxyl groups excluding tert-OH is 1. The molecule has 152 valence electrons. The van der Waals surface area contributed by atoms with E-state index >= 15 is 0 Å². The first-order chi connectivity index (χ1) is 13.4. The minimum absolute atomic E-state index is 0.0725. The molecule has 7 nitrogen and oxygen atoms in total. The fraction of sp³-hybridized carbons (Fsp3) is 0.600. The van der Waals surface area contributed by atoms with E-state index in [0.29, 0.717) is 25.9 Å². The molecule has 4 rings (SSSR count). The normalized spacial score (nSPS) is 31.5. The molecular weight excluding hydrogens is 365 g/mol. The molecule has 2 saturated heterocycles. The second-order valence-electron chi connectivity index (χ2n) is 8.44. The monoisotopic (exact) mass is 391 g/mol. The lowest BCUT2D eigenvalue weighted by Crippen LogP contribution is -2.60. The third kappa shape index (κ3) is 3.64. The van der Waals surface area contributed by atoms with Gasteiger partial charge in [0.05, 0.1) is 18.1 Å². The van der Waals surface area contributed by atoms with Crippen molar-refractivity contribution >= 4 is 11.8 Å². The Bertz CT molecular complexity index is 752. The van der Waals surface area contributed by atoms with Crippen LogP contribution >= 0.6 is 0 Å². The number of nitrogens with zero attached hydrogens (tertiary/aromatic N) is 1. The van der Waals surface area contributed by atoms with Gasteiger partial charge in [0.25, 0.3) is 0 Å². The predicted octanol–water partition coefficient (Wildman–Crippen LogP) is 0.766. The summed E-state index contributed by atoms with van der Waals surface area (Å²) in [5.74, 6) is -1.87. The topological polar surface area (TPSA) is 102 Å². The number of β-amino-alcohol motifs (C(OH)–C–C–N with tert-alkyl or cyclic N) is 1. The first-order valence-corrected chi connectivity index (χ1v) is 9.82. The number of piperidine rings is 2. The van der Waals surface area contributed by atoms with Crippen LogP contribution in [0.15, 0.2) is 24.3 Å². The summed E-state index contributed by atoms with van der Waals surface area (Å²) in [7, 11) is 0. The van der Waals surface area contributed by atoms with E-state index in [2.05, 4.69) is 5.32 Å². The molecule has 1 saturated carbocycles. The van der Waals surface area contributed by atoms with E-state index in [1.807, 2.05) is 0 Å². The Kier molecular flexibility index (Phi) is 5.11. The average molecular weight is 391 g/mol. The summed E-state index contributed by atoms with van der Waals surface area (Å²) in [5.41, 5.74) is 2.62. The van der Waals surface area contributed by atoms with Gasteiger partial charge in [-0.25, -0.2) is 9.87 Å². The zero-order chi connectivity index (χ0) is 19.9. The Morgan fingerprint density at radius 3 is 2.57 bits per heavy atom. The molecule has 8 heteroatoms. The molecule has 4 atom stereocenters. The highest BCUT2D eigenvalue weighted by Crippen LogP contribution is 2.52. The van der Waals surface area contributed by atoms with Crippen LogP contribution in [0.3, 0.4) is 0 Å². The van der Waals surface area contributed by atoms with Crippen LogP contribution in [0.25, 0.3) is 0 Å². The summed E-state index contributed by atoms with van der Waals surface area (Å²) in [6.07, 6.45) is 2.44. The van der Waals surface area contributed by atoms with Gasteiger partial charge in [-0.1, -0.05) is 12.1 Å². The van der Waals surface area contributed by atoms with Crippen molar-refractivity contribution in [2.24, 2.45) is 11.3 Å². The number of benzene rings is 1. The Hall–Kier alpha value is -2.03. The first-order valence-electron chi connectivity index (χ1n) is 9.82. The molecule has 4 N–H and O–H groups in total. The number of halogens is 1. The van der Waals surface area contributed by atoms with Crippen LogP contribution < -0.4 is 10.8 Å². The van der Waals surface area contributed by atoms with Gasteiger partial charge >= 0.3 is 0 Å². The van der Waals surface area contributed by atoms with Crippen molar-refractivity contribution in [3.05, 3.63) is 35.6 Å². The third-order valence-electron chi connectivity index (χ3n) is 6.61. The second-order valence-corrected chi connectivity index (χ2v) is 8.44. The first kappa shape index (κ1) is 19.3. The molecule has 2 aliphatic heterocycles. The van der Waals surface area contributed by atoms with Gasteiger partial charge in [-0.15, -0.1) is 0 Å². The molecule has 2 unspecified atom stereocenters. The van der Waals surface area contributed by atoms with Gasteiger partial charge in [0.1, 0.15) is 5.82 Å². The van der Waals surface area contributed by atoms with Crippen molar-refractivity contribution in [1.82, 2.24) is 15.7 Å². The molecule has 1 aromatic carbocycles. The van der Waals surface area contributed by atoms with Crippen LogP contribution in [-0.4, -0.2) is 58.8 Å². The molecule has 1 spiro atoms. The van der Waals surface area contributed by atoms with Crippen molar-refractivity contribution in [2.75, 3.05) is 19.6 Å². The molecule has 3 fully saturated rings. The number of amides is 2. The lowest BCUT2D eigenvalue weighted by Gasteiger charge is -2.41. The molecule has 28 heavy (non-hydrogen) atoms. The molecule has 2 heterocycles. The number of nitrogens with one attached hydrogen (secondary N) is 2. The fourth-order valence-corrected chi connectivity index (χ4v) is 4.70. The van der Waals surface area contributed by atoms with Crippen LogP contribution in [0.4, 0.5) is 4.39 Å². The van der Waals surface area contributed by atoms with E-state index in [4.69, 9.17) is 5.21 Å². The summed E-state index contributed by atoms with van der Waals surface area (Å²) < 4.78 is 13.1. The molecular formula is C20H26FN3O4. The van der Waals surface area contributed by atoms with Crippen LogP contribution in [0.5, 0.6) is 0 Å². The SMILES string of the molecule is O=C(NO)[C@H]1CC2(CC2)CN[C@@H]1C(=O)N1CCC(c2ccc(F)cc2)C(O)C1. The van der Waals surface area contributed by atoms with Crippen molar-refractivity contribution in [3.63, 3.8) is 0 Å². The lowest BCUT2D eigenvalue weighted by atomic mass is 9.80. The number of carbonyl (C=O) groups is 2. The number of carbonyl (C=O) groups excluding carboxylic acids is 2. The van der Waals surface area contributed by atoms with Crippen molar-refractivity contribution in [2.45, 2.75) is 43.7 Å². The number of hydrogen-bond donors (Lipinski definition) is 4. The van der Waals surface area contributed by atoms with Gasteiger partial charge in [-0.3, -0.25) is 14.8 Å². The van der Waals surface area contributed by atoms with Crippen LogP contribution in [0.1, 0.15) is 37.2 Å². The molecule has 1 aromatic rings. The Balaban J connectivity index is 1.43. The fourth-order valence-electron chi connectivity index (χ4n) is 4.70. The van der Waals surface area contributed by atoms with Gasteiger partial charge < -0.3 is 15.3 Å². The molecule has 3 aliphatic rings. The highest BCUT2D eigenvalue weighted by Gasteiger charge is 2.53. The zero-order valence-electron chi connectivity index (χ0n) is 15.6. The maximum Gasteiger partial charge on any atom is 0.248 e. The number of hydroxylamine groups is 1. The molecule has 2 amide bonds. The summed E-state index contributed by atoms with van der Waals surface area (Å²) in [4.78, 5) is 26.8. The van der Waals surface area contributed by atoms with Gasteiger partial charge in [0, 0.05) is 25.6 Å². The highest BCUT2D eigenvalue weighted by molar-refractivity contribution is 5.90. The lowest BCUT2D eigenvalue weighted by molar-refractivity contribution is -0.146. The van der Waals surface area contributed by atoms with E-state index in [1.54, 1.807) is 22.5 Å². The minimum Gasteiger partial charge on any atom is -0.391 e. The number of hydrogen-bond acceptors (Lipinski definition) is 5. The maximum atomic E-state index is 13.1. The molecule has 0 aromatic heterocycles. The number of rotatable bonds is 3. The molecule has 1 aliphatic carbocycles. The summed E-state index contributed by atoms with van der Waals surface area (Å²) >= 11 is 0. The van der Waals surface area contributed by atoms with Gasteiger partial charge in [-0.05, 0) is 48.8 Å². The summed E-state index contributed by atoms with van der Waals surface area (Å²) in [5, 5.41) is 22.9. The Morgan fingerprint density at radius 2 is 1.96 bits per heavy atom. The van der Waals surface area contributed by atoms with Crippen molar-refractivity contribution in [1.29, 1.82) is 0 Å². The number of aliphatic hydroxyl groups is 1. The van der Waals surface area contributed by atoms with Crippen LogP contribution in [0, 0.1) is 17.2 Å². The summed E-state index contributed by atoms with van der Waals surface area (Å²) in [6, 6.07) is 5.38. The number of likely N-dealkylation sites (tertiary alicyclic amines) is 1. The Morgan fingerprint density at radius 1 is 1.25 bits per heavy atom. The van der Waals surface area contributed by atoms with Crippen molar-refractivity contribution < 1.29 is 24.3 Å². The standard InChI is InChI=1S/C20H26FN3O4/c21-13-3-1-12(2-4-13)14-5-8-24(10-16(14)25)19(27)17-15(18(26)23-28)9-20(6-7-20)11-22-17/h1-4,14-17,22,25,28H,5-11H2,(H,23,26)/t14?,15-,16?,17-/m0/s1. The molecule has 0 bridgehead atoms. The van der Waals surface area contributed by atoms with E-state index in [-0.39, 0.29) is 29.6 Å². The second kappa shape index (κ2) is 7.42. The predicted molar refractivity (Wildman–Crippen MR) is 97.8 cm³/mol. The minimum atomic E-state index is -0.758. The quantitative estimate of drug-likeness (QED) is 0.450. The van der Waals surface area contributed by atoms with E-state index in [1.165, 1.54) is 12.1 Å². The van der Waals surface area contributed by atoms with E-state index < -0.39 is 24.0 Å². The largest absolute Gasteiger partial charge is 0.391 e. The van der Waals surface area contributed by atoms with Gasteiger partial charge in [-0.2, -0.15) is 0 Å². The Labute approximate surface area is 162 Å². The smallest absolute Gasteiger partial charge is 0.248 e. The van der Waals surface area contributed by atoms with Crippen molar-refractivity contribution in [3.8, 4) is 0 Å². The van der Waals surface area contributed by atoms with Crippen LogP contribution in [-0.2, 0) is 9.59 Å². The van der Waals surface area contributed by atoms with Crippen LogP contribution in [0.2, 0.25) is 0 Å².